The Labute approximate surface area is 138 Å². The second-order valence-electron chi connectivity index (χ2n) is 5.92. The normalized spacial score (nSPS) is 20.4. The number of para-hydroxylation sites is 1. The third-order valence-corrected chi connectivity index (χ3v) is 4.75. The molecule has 4 rings (SSSR count). The Morgan fingerprint density at radius 3 is 2.83 bits per heavy atom. The molecule has 1 aliphatic heterocycles. The smallest absolute Gasteiger partial charge is 0.153 e. The number of aromatic amines is 1. The summed E-state index contributed by atoms with van der Waals surface area (Å²) in [7, 11) is 0. The number of benzene rings is 2. The third kappa shape index (κ3) is 2.40. The van der Waals surface area contributed by atoms with Crippen molar-refractivity contribution >= 4 is 28.5 Å². The molecule has 2 heterocycles. The Kier molecular flexibility index (Phi) is 3.36. The van der Waals surface area contributed by atoms with Gasteiger partial charge in [-0.3, -0.25) is 0 Å². The molecule has 116 valence electrons. The zero-order valence-electron chi connectivity index (χ0n) is 12.3. The number of hydrogen-bond donors (Lipinski definition) is 2. The predicted octanol–water partition coefficient (Wildman–Crippen LogP) is 1.15. The minimum absolute atomic E-state index is 0.132. The van der Waals surface area contributed by atoms with Gasteiger partial charge in [-0.15, -0.1) is 0 Å². The number of aromatic nitrogens is 1. The summed E-state index contributed by atoms with van der Waals surface area (Å²) in [4.78, 5) is 14.9. The number of carboxylic acid groups (broad SMARTS) is 1. The molecule has 0 bridgehead atoms. The number of halogens is 1. The van der Waals surface area contributed by atoms with Crippen molar-refractivity contribution in [3.63, 3.8) is 0 Å². The van der Waals surface area contributed by atoms with Gasteiger partial charge in [0.2, 0.25) is 0 Å². The van der Waals surface area contributed by atoms with Crippen molar-refractivity contribution in [3.8, 4) is 0 Å². The van der Waals surface area contributed by atoms with Crippen LogP contribution in [0.5, 0.6) is 0 Å². The van der Waals surface area contributed by atoms with Crippen LogP contribution < -0.4 is 10.4 Å². The quantitative estimate of drug-likeness (QED) is 0.741. The number of fused-ring (bicyclic) bond motifs is 3. The zero-order valence-corrected chi connectivity index (χ0v) is 13.0. The summed E-state index contributed by atoms with van der Waals surface area (Å²) >= 11 is 6.12. The van der Waals surface area contributed by atoms with Crippen LogP contribution in [0.3, 0.4) is 0 Å². The summed E-state index contributed by atoms with van der Waals surface area (Å²) in [6.07, 6.45) is 0.457. The summed E-state index contributed by atoms with van der Waals surface area (Å²) in [5, 5.41) is 15.1. The molecule has 0 fully saturated rings. The van der Waals surface area contributed by atoms with Crippen LogP contribution in [0.15, 0.2) is 48.5 Å². The summed E-state index contributed by atoms with van der Waals surface area (Å²) < 4.78 is 0. The van der Waals surface area contributed by atoms with Crippen molar-refractivity contribution in [1.82, 2.24) is 4.98 Å². The number of carboxylic acids is 1. The fourth-order valence-corrected chi connectivity index (χ4v) is 3.66. The van der Waals surface area contributed by atoms with Gasteiger partial charge in [0.1, 0.15) is 6.04 Å². The lowest BCUT2D eigenvalue weighted by Gasteiger charge is -2.29. The van der Waals surface area contributed by atoms with E-state index in [4.69, 9.17) is 11.6 Å². The Morgan fingerprint density at radius 2 is 2.04 bits per heavy atom. The number of carbonyl (C=O) groups excluding carboxylic acids is 1. The Hall–Kier alpha value is -2.30. The summed E-state index contributed by atoms with van der Waals surface area (Å²) in [5.41, 5.74) is 4.11. The molecule has 0 saturated carbocycles. The molecular weight excluding hydrogens is 312 g/mol. The van der Waals surface area contributed by atoms with Crippen LogP contribution in [-0.2, 0) is 11.2 Å². The van der Waals surface area contributed by atoms with E-state index in [0.717, 1.165) is 27.7 Å². The van der Waals surface area contributed by atoms with Gasteiger partial charge in [0.15, 0.2) is 6.04 Å². The molecular formula is C18H15ClN2O2. The molecule has 3 N–H and O–H groups in total. The average Bonchev–Trinajstić information content (AvgIpc) is 2.92. The van der Waals surface area contributed by atoms with E-state index >= 15 is 0 Å². The molecule has 23 heavy (non-hydrogen) atoms. The molecule has 0 amide bonds. The van der Waals surface area contributed by atoms with Crippen LogP contribution in [0.2, 0.25) is 5.02 Å². The van der Waals surface area contributed by atoms with Crippen molar-refractivity contribution in [1.29, 1.82) is 0 Å². The number of aliphatic carboxylic acids is 1. The van der Waals surface area contributed by atoms with E-state index in [1.54, 1.807) is 0 Å². The number of nitrogens with two attached hydrogens (primary N) is 1. The summed E-state index contributed by atoms with van der Waals surface area (Å²) in [6.45, 7) is 0. The molecule has 5 heteroatoms. The minimum atomic E-state index is -1.03. The topological polar surface area (TPSA) is 72.5 Å². The Balaban J connectivity index is 1.91. The maximum Gasteiger partial charge on any atom is 0.153 e. The van der Waals surface area contributed by atoms with Gasteiger partial charge in [0.25, 0.3) is 0 Å². The molecule has 0 aliphatic carbocycles. The fraction of sp³-hybridized carbons (Fsp3) is 0.167. The van der Waals surface area contributed by atoms with Gasteiger partial charge in [-0.25, -0.2) is 0 Å². The van der Waals surface area contributed by atoms with E-state index < -0.39 is 12.0 Å². The van der Waals surface area contributed by atoms with E-state index in [9.17, 15) is 9.90 Å². The number of carbonyl (C=O) groups is 1. The molecule has 0 spiro atoms. The van der Waals surface area contributed by atoms with Crippen molar-refractivity contribution in [3.05, 3.63) is 70.4 Å². The molecule has 2 aromatic carbocycles. The molecule has 1 aliphatic rings. The first-order valence-electron chi connectivity index (χ1n) is 7.54. The van der Waals surface area contributed by atoms with Crippen molar-refractivity contribution in [2.75, 3.05) is 0 Å². The molecule has 0 radical (unpaired) electrons. The largest absolute Gasteiger partial charge is 0.544 e. The monoisotopic (exact) mass is 326 g/mol. The van der Waals surface area contributed by atoms with Gasteiger partial charge in [-0.1, -0.05) is 41.9 Å². The van der Waals surface area contributed by atoms with Gasteiger partial charge in [0, 0.05) is 27.9 Å². The van der Waals surface area contributed by atoms with Crippen LogP contribution in [0.25, 0.3) is 10.9 Å². The van der Waals surface area contributed by atoms with E-state index in [1.807, 2.05) is 53.8 Å². The highest BCUT2D eigenvalue weighted by Crippen LogP contribution is 2.32. The first-order valence-corrected chi connectivity index (χ1v) is 7.92. The molecule has 1 aromatic heterocycles. The van der Waals surface area contributed by atoms with Crippen LogP contribution in [0.1, 0.15) is 22.9 Å². The summed E-state index contributed by atoms with van der Waals surface area (Å²) in [6, 6.07) is 14.8. The Morgan fingerprint density at radius 1 is 1.22 bits per heavy atom. The van der Waals surface area contributed by atoms with Gasteiger partial charge in [-0.05, 0) is 23.8 Å². The van der Waals surface area contributed by atoms with E-state index in [1.165, 1.54) is 0 Å². The van der Waals surface area contributed by atoms with E-state index in [0.29, 0.717) is 11.4 Å². The van der Waals surface area contributed by atoms with E-state index in [-0.39, 0.29) is 6.04 Å². The molecule has 0 saturated heterocycles. The average molecular weight is 327 g/mol. The molecule has 3 aromatic rings. The number of nitrogens with one attached hydrogen (secondary N) is 1. The SMILES string of the molecule is O=C([O-])[C@@H]1Cc2c([nH]c3ccccc23)[C@@H](c2cccc(Cl)c2)[NH2+]1. The lowest BCUT2D eigenvalue weighted by atomic mass is 9.90. The maximum absolute atomic E-state index is 11.5. The lowest BCUT2D eigenvalue weighted by Crippen LogP contribution is -2.95. The maximum atomic E-state index is 11.5. The van der Waals surface area contributed by atoms with Crippen molar-refractivity contribution in [2.24, 2.45) is 0 Å². The van der Waals surface area contributed by atoms with Gasteiger partial charge >= 0.3 is 0 Å². The van der Waals surface area contributed by atoms with Crippen LogP contribution in [-0.4, -0.2) is 17.0 Å². The second kappa shape index (κ2) is 5.41. The first-order chi connectivity index (χ1) is 11.1. The van der Waals surface area contributed by atoms with Crippen LogP contribution in [0.4, 0.5) is 0 Å². The molecule has 0 unspecified atom stereocenters. The highest BCUT2D eigenvalue weighted by atomic mass is 35.5. The van der Waals surface area contributed by atoms with Crippen molar-refractivity contribution in [2.45, 2.75) is 18.5 Å². The highest BCUT2D eigenvalue weighted by molar-refractivity contribution is 6.30. The minimum Gasteiger partial charge on any atom is -0.544 e. The first kappa shape index (κ1) is 14.3. The highest BCUT2D eigenvalue weighted by Gasteiger charge is 2.34. The number of rotatable bonds is 2. The fourth-order valence-electron chi connectivity index (χ4n) is 3.46. The van der Waals surface area contributed by atoms with Crippen molar-refractivity contribution < 1.29 is 15.2 Å². The molecule has 2 atom stereocenters. The standard InChI is InChI=1S/C18H15ClN2O2/c19-11-5-3-4-10(8-11)16-17-13(9-15(21-16)18(22)23)12-6-1-2-7-14(12)20-17/h1-8,15-16,20-21H,9H2,(H,22,23)/t15-,16+/m0/s1. The number of H-pyrrole nitrogens is 1. The molecule has 4 nitrogen and oxygen atoms in total. The third-order valence-electron chi connectivity index (χ3n) is 4.52. The summed E-state index contributed by atoms with van der Waals surface area (Å²) in [5.74, 6) is -1.03. The lowest BCUT2D eigenvalue weighted by molar-refractivity contribution is -0.717. The van der Waals surface area contributed by atoms with E-state index in [2.05, 4.69) is 4.98 Å². The van der Waals surface area contributed by atoms with Crippen LogP contribution in [0, 0.1) is 0 Å². The Bertz CT molecular complexity index is 903. The number of quaternary nitrogens is 1. The van der Waals surface area contributed by atoms with Gasteiger partial charge < -0.3 is 20.2 Å². The second-order valence-corrected chi connectivity index (χ2v) is 6.35. The number of hydrogen-bond acceptors (Lipinski definition) is 2. The zero-order chi connectivity index (χ0) is 16.0. The van der Waals surface area contributed by atoms with Gasteiger partial charge in [0.05, 0.1) is 11.7 Å². The van der Waals surface area contributed by atoms with Crippen LogP contribution >= 0.6 is 11.6 Å². The van der Waals surface area contributed by atoms with Gasteiger partial charge in [-0.2, -0.15) is 0 Å². The predicted molar refractivity (Wildman–Crippen MR) is 86.0 cm³/mol.